The number of nitrogens with zero attached hydrogens (tertiary/aromatic N) is 3. The third kappa shape index (κ3) is 3.62. The van der Waals surface area contributed by atoms with Gasteiger partial charge in [0, 0.05) is 48.5 Å². The standard InChI is InChI=1S/C17H16BrFN4O3/c18-11-9-14(19)16(17(20)24)15(10-11)22-7-5-21(6-8-22)12-1-3-13(4-2-12)23(25)26/h1-4,9-10H,5-8H2,(H2,20,24). The maximum Gasteiger partial charge on any atom is 0.269 e. The van der Waals surface area contributed by atoms with Gasteiger partial charge >= 0.3 is 0 Å². The Morgan fingerprint density at radius 3 is 2.23 bits per heavy atom. The minimum absolute atomic E-state index is 0.0445. The highest BCUT2D eigenvalue weighted by Crippen LogP contribution is 2.29. The topological polar surface area (TPSA) is 92.7 Å². The highest BCUT2D eigenvalue weighted by atomic mass is 79.9. The van der Waals surface area contributed by atoms with Gasteiger partial charge in [-0.25, -0.2) is 4.39 Å². The van der Waals surface area contributed by atoms with Gasteiger partial charge in [-0.3, -0.25) is 14.9 Å². The normalized spacial score (nSPS) is 14.4. The molecule has 0 radical (unpaired) electrons. The van der Waals surface area contributed by atoms with Crippen LogP contribution in [0.3, 0.4) is 0 Å². The summed E-state index contributed by atoms with van der Waals surface area (Å²) in [5, 5.41) is 10.7. The number of anilines is 2. The number of nitro groups is 1. The lowest BCUT2D eigenvalue weighted by molar-refractivity contribution is -0.384. The average Bonchev–Trinajstić information content (AvgIpc) is 2.61. The predicted octanol–water partition coefficient (Wildman–Crippen LogP) is 2.92. The molecule has 26 heavy (non-hydrogen) atoms. The monoisotopic (exact) mass is 422 g/mol. The molecule has 2 aromatic rings. The molecule has 136 valence electrons. The summed E-state index contributed by atoms with van der Waals surface area (Å²) < 4.78 is 14.7. The molecule has 2 N–H and O–H groups in total. The molecule has 0 unspecified atom stereocenters. The van der Waals surface area contributed by atoms with Crippen molar-refractivity contribution < 1.29 is 14.1 Å². The highest BCUT2D eigenvalue weighted by molar-refractivity contribution is 9.10. The lowest BCUT2D eigenvalue weighted by Gasteiger charge is -2.38. The minimum atomic E-state index is -0.803. The van der Waals surface area contributed by atoms with Gasteiger partial charge in [-0.1, -0.05) is 15.9 Å². The summed E-state index contributed by atoms with van der Waals surface area (Å²) in [5.74, 6) is -1.46. The molecular weight excluding hydrogens is 407 g/mol. The van der Waals surface area contributed by atoms with Gasteiger partial charge in [-0.2, -0.15) is 0 Å². The van der Waals surface area contributed by atoms with Crippen LogP contribution in [0.5, 0.6) is 0 Å². The van der Waals surface area contributed by atoms with Gasteiger partial charge in [-0.15, -0.1) is 0 Å². The molecular formula is C17H16BrFN4O3. The van der Waals surface area contributed by atoms with Crippen molar-refractivity contribution in [3.05, 3.63) is 62.4 Å². The zero-order valence-corrected chi connectivity index (χ0v) is 15.3. The average molecular weight is 423 g/mol. The van der Waals surface area contributed by atoms with E-state index in [1.165, 1.54) is 18.2 Å². The van der Waals surface area contributed by atoms with Gasteiger partial charge < -0.3 is 15.5 Å². The second-order valence-electron chi connectivity index (χ2n) is 5.89. The number of nitro benzene ring substituents is 1. The van der Waals surface area contributed by atoms with Crippen LogP contribution in [0.15, 0.2) is 40.9 Å². The van der Waals surface area contributed by atoms with Crippen molar-refractivity contribution in [2.45, 2.75) is 0 Å². The van der Waals surface area contributed by atoms with E-state index in [4.69, 9.17) is 5.73 Å². The van der Waals surface area contributed by atoms with E-state index in [0.29, 0.717) is 36.3 Å². The number of amides is 1. The zero-order chi connectivity index (χ0) is 18.8. The van der Waals surface area contributed by atoms with Gasteiger partial charge in [0.25, 0.3) is 11.6 Å². The van der Waals surface area contributed by atoms with Crippen LogP contribution in [-0.4, -0.2) is 37.0 Å². The molecule has 0 aliphatic carbocycles. The molecule has 0 spiro atoms. The van der Waals surface area contributed by atoms with Crippen molar-refractivity contribution in [1.82, 2.24) is 0 Å². The molecule has 0 atom stereocenters. The molecule has 1 heterocycles. The number of non-ortho nitro benzene ring substituents is 1. The van der Waals surface area contributed by atoms with E-state index in [1.54, 1.807) is 18.2 Å². The van der Waals surface area contributed by atoms with Crippen LogP contribution in [0.4, 0.5) is 21.5 Å². The number of rotatable bonds is 4. The van der Waals surface area contributed by atoms with Crippen molar-refractivity contribution in [3.63, 3.8) is 0 Å². The summed E-state index contributed by atoms with van der Waals surface area (Å²) in [6.07, 6.45) is 0. The summed E-state index contributed by atoms with van der Waals surface area (Å²) in [4.78, 5) is 25.9. The Morgan fingerprint density at radius 2 is 1.69 bits per heavy atom. The number of carbonyl (C=O) groups is 1. The van der Waals surface area contributed by atoms with Crippen molar-refractivity contribution in [2.24, 2.45) is 5.73 Å². The summed E-state index contributed by atoms with van der Waals surface area (Å²) in [5.41, 5.74) is 6.62. The molecule has 3 rings (SSSR count). The van der Waals surface area contributed by atoms with Gasteiger partial charge in [-0.05, 0) is 24.3 Å². The fourth-order valence-corrected chi connectivity index (χ4v) is 3.46. The first-order valence-electron chi connectivity index (χ1n) is 7.90. The number of piperazine rings is 1. The Balaban J connectivity index is 1.77. The molecule has 7 nitrogen and oxygen atoms in total. The number of primary amides is 1. The summed E-state index contributed by atoms with van der Waals surface area (Å²) in [6.45, 7) is 2.38. The Kier molecular flexibility index (Phi) is 5.08. The third-order valence-corrected chi connectivity index (χ3v) is 4.78. The van der Waals surface area contributed by atoms with E-state index >= 15 is 0 Å². The van der Waals surface area contributed by atoms with Crippen LogP contribution in [0.2, 0.25) is 0 Å². The van der Waals surface area contributed by atoms with E-state index in [2.05, 4.69) is 20.8 Å². The molecule has 1 aliphatic rings. The number of hydrogen-bond donors (Lipinski definition) is 1. The lowest BCUT2D eigenvalue weighted by atomic mass is 10.1. The maximum absolute atomic E-state index is 14.1. The largest absolute Gasteiger partial charge is 0.368 e. The first-order valence-corrected chi connectivity index (χ1v) is 8.69. The lowest BCUT2D eigenvalue weighted by Crippen LogP contribution is -2.47. The van der Waals surface area contributed by atoms with Crippen molar-refractivity contribution >= 4 is 38.9 Å². The van der Waals surface area contributed by atoms with Crippen molar-refractivity contribution in [2.75, 3.05) is 36.0 Å². The van der Waals surface area contributed by atoms with E-state index in [1.807, 2.05) is 4.90 Å². The van der Waals surface area contributed by atoms with Crippen LogP contribution in [0.1, 0.15) is 10.4 Å². The molecule has 2 aromatic carbocycles. The van der Waals surface area contributed by atoms with E-state index in [0.717, 1.165) is 5.69 Å². The number of benzene rings is 2. The molecule has 0 aromatic heterocycles. The van der Waals surface area contributed by atoms with Crippen LogP contribution in [0.25, 0.3) is 0 Å². The van der Waals surface area contributed by atoms with Crippen molar-refractivity contribution in [3.8, 4) is 0 Å². The smallest absolute Gasteiger partial charge is 0.269 e. The SMILES string of the molecule is NC(=O)c1c(F)cc(Br)cc1N1CCN(c2ccc([N+](=O)[O-])cc2)CC1. The Morgan fingerprint density at radius 1 is 1.12 bits per heavy atom. The van der Waals surface area contributed by atoms with Crippen LogP contribution in [0, 0.1) is 15.9 Å². The summed E-state index contributed by atoms with van der Waals surface area (Å²) >= 11 is 3.25. The van der Waals surface area contributed by atoms with Crippen LogP contribution >= 0.6 is 15.9 Å². The Hall–Kier alpha value is -2.68. The number of nitrogens with two attached hydrogens (primary N) is 1. The Bertz CT molecular complexity index is 852. The molecule has 1 saturated heterocycles. The third-order valence-electron chi connectivity index (χ3n) is 4.33. The molecule has 1 fully saturated rings. The van der Waals surface area contributed by atoms with Crippen LogP contribution < -0.4 is 15.5 Å². The van der Waals surface area contributed by atoms with Crippen molar-refractivity contribution in [1.29, 1.82) is 0 Å². The summed E-state index contributed by atoms with van der Waals surface area (Å²) in [7, 11) is 0. The number of carbonyl (C=O) groups excluding carboxylic acids is 1. The molecule has 0 bridgehead atoms. The number of halogens is 2. The Labute approximate surface area is 157 Å². The second-order valence-corrected chi connectivity index (χ2v) is 6.81. The fourth-order valence-electron chi connectivity index (χ4n) is 3.04. The fraction of sp³-hybridized carbons (Fsp3) is 0.235. The van der Waals surface area contributed by atoms with Gasteiger partial charge in [0.05, 0.1) is 16.2 Å². The molecule has 1 aliphatic heterocycles. The first kappa shape index (κ1) is 18.1. The van der Waals surface area contributed by atoms with Gasteiger partial charge in [0.2, 0.25) is 0 Å². The van der Waals surface area contributed by atoms with Gasteiger partial charge in [0.15, 0.2) is 0 Å². The van der Waals surface area contributed by atoms with Gasteiger partial charge in [0.1, 0.15) is 5.82 Å². The van der Waals surface area contributed by atoms with Crippen LogP contribution in [-0.2, 0) is 0 Å². The first-order chi connectivity index (χ1) is 12.4. The summed E-state index contributed by atoms with van der Waals surface area (Å²) in [6, 6.07) is 9.26. The molecule has 0 saturated carbocycles. The second kappa shape index (κ2) is 7.28. The number of hydrogen-bond acceptors (Lipinski definition) is 5. The molecule has 9 heteroatoms. The van der Waals surface area contributed by atoms with E-state index in [-0.39, 0.29) is 11.3 Å². The van der Waals surface area contributed by atoms with E-state index in [9.17, 15) is 19.3 Å². The minimum Gasteiger partial charge on any atom is -0.368 e. The predicted molar refractivity (Wildman–Crippen MR) is 100 cm³/mol. The highest BCUT2D eigenvalue weighted by Gasteiger charge is 2.24. The van der Waals surface area contributed by atoms with E-state index < -0.39 is 16.6 Å². The molecule has 1 amide bonds. The zero-order valence-electron chi connectivity index (χ0n) is 13.7. The maximum atomic E-state index is 14.1. The quantitative estimate of drug-likeness (QED) is 0.603.